The van der Waals surface area contributed by atoms with Crippen LogP contribution < -0.4 is 0 Å². The Morgan fingerprint density at radius 3 is 2.95 bits per heavy atom. The van der Waals surface area contributed by atoms with E-state index in [1.165, 1.54) is 0 Å². The fourth-order valence-electron chi connectivity index (χ4n) is 2.57. The average molecular weight is 311 g/mol. The number of aliphatic hydroxyl groups excluding tert-OH is 1. The number of aliphatic hydroxyl groups is 1. The van der Waals surface area contributed by atoms with Crippen molar-refractivity contribution in [1.29, 1.82) is 0 Å². The number of benzene rings is 1. The van der Waals surface area contributed by atoms with Gasteiger partial charge in [-0.1, -0.05) is 30.7 Å². The molecule has 1 heterocycles. The monoisotopic (exact) mass is 310 g/mol. The molecule has 1 aliphatic rings. The van der Waals surface area contributed by atoms with Gasteiger partial charge in [0.2, 0.25) is 5.91 Å². The van der Waals surface area contributed by atoms with E-state index < -0.39 is 0 Å². The number of β-amino-alcohol motifs (C(OH)–C–C–N with tert-alkyl or cyclic N) is 1. The summed E-state index contributed by atoms with van der Waals surface area (Å²) < 4.78 is 0. The summed E-state index contributed by atoms with van der Waals surface area (Å²) in [6.07, 6.45) is 0.608. The van der Waals surface area contributed by atoms with Gasteiger partial charge in [0.1, 0.15) is 0 Å². The highest BCUT2D eigenvalue weighted by Gasteiger charge is 2.26. The lowest BCUT2D eigenvalue weighted by molar-refractivity contribution is -0.132. The Hall–Kier alpha value is -1.10. The average Bonchev–Trinajstić information content (AvgIpc) is 2.43. The van der Waals surface area contributed by atoms with Crippen LogP contribution in [-0.4, -0.2) is 53.6 Å². The van der Waals surface area contributed by atoms with E-state index in [1.807, 2.05) is 29.2 Å². The first-order valence-electron chi connectivity index (χ1n) is 7.34. The van der Waals surface area contributed by atoms with Crippen molar-refractivity contribution >= 4 is 17.5 Å². The molecule has 0 aliphatic carbocycles. The van der Waals surface area contributed by atoms with Gasteiger partial charge in [0, 0.05) is 25.2 Å². The summed E-state index contributed by atoms with van der Waals surface area (Å²) in [4.78, 5) is 16.0. The summed E-state index contributed by atoms with van der Waals surface area (Å²) >= 11 is 5.95. The number of rotatable bonds is 4. The van der Waals surface area contributed by atoms with Gasteiger partial charge in [0.15, 0.2) is 0 Å². The molecular weight excluding hydrogens is 288 g/mol. The van der Waals surface area contributed by atoms with Crippen LogP contribution in [0.2, 0.25) is 5.02 Å². The zero-order chi connectivity index (χ0) is 15.4. The van der Waals surface area contributed by atoms with Gasteiger partial charge in [-0.15, -0.1) is 0 Å². The lowest BCUT2D eigenvalue weighted by atomic mass is 9.96. The van der Waals surface area contributed by atoms with E-state index in [0.717, 1.165) is 18.5 Å². The van der Waals surface area contributed by atoms with Gasteiger partial charge in [-0.2, -0.15) is 0 Å². The van der Waals surface area contributed by atoms with E-state index in [4.69, 9.17) is 11.6 Å². The van der Waals surface area contributed by atoms with Crippen LogP contribution in [0.5, 0.6) is 0 Å². The van der Waals surface area contributed by atoms with Gasteiger partial charge in [-0.05, 0) is 36.6 Å². The third-order valence-corrected chi connectivity index (χ3v) is 4.33. The highest BCUT2D eigenvalue weighted by Crippen LogP contribution is 2.17. The van der Waals surface area contributed by atoms with Gasteiger partial charge < -0.3 is 10.0 Å². The predicted molar refractivity (Wildman–Crippen MR) is 84.2 cm³/mol. The SMILES string of the molecule is CC1CCN(CC(=O)N(C)Cc2cccc(Cl)c2)CC1O. The highest BCUT2D eigenvalue weighted by atomic mass is 35.5. The van der Waals surface area contributed by atoms with Crippen molar-refractivity contribution in [3.63, 3.8) is 0 Å². The minimum atomic E-state index is -0.329. The summed E-state index contributed by atoms with van der Waals surface area (Å²) in [5.74, 6) is 0.386. The molecule has 0 spiro atoms. The van der Waals surface area contributed by atoms with Crippen LogP contribution in [0.15, 0.2) is 24.3 Å². The molecule has 0 saturated carbocycles. The Balaban J connectivity index is 1.85. The maximum Gasteiger partial charge on any atom is 0.236 e. The Kier molecular flexibility index (Phi) is 5.62. The Morgan fingerprint density at radius 2 is 2.29 bits per heavy atom. The first-order valence-corrected chi connectivity index (χ1v) is 7.72. The van der Waals surface area contributed by atoms with Crippen LogP contribution >= 0.6 is 11.6 Å². The first kappa shape index (κ1) is 16.3. The van der Waals surface area contributed by atoms with E-state index >= 15 is 0 Å². The number of amides is 1. The van der Waals surface area contributed by atoms with E-state index in [-0.39, 0.29) is 12.0 Å². The van der Waals surface area contributed by atoms with E-state index in [2.05, 4.69) is 6.92 Å². The molecule has 1 amide bonds. The fraction of sp³-hybridized carbons (Fsp3) is 0.562. The zero-order valence-corrected chi connectivity index (χ0v) is 13.4. The molecule has 0 radical (unpaired) electrons. The van der Waals surface area contributed by atoms with Crippen molar-refractivity contribution in [3.05, 3.63) is 34.9 Å². The number of carbonyl (C=O) groups is 1. The smallest absolute Gasteiger partial charge is 0.236 e. The van der Waals surface area contributed by atoms with Crippen LogP contribution in [0.4, 0.5) is 0 Å². The molecule has 2 atom stereocenters. The molecular formula is C16H23ClN2O2. The van der Waals surface area contributed by atoms with E-state index in [1.54, 1.807) is 11.9 Å². The molecule has 1 fully saturated rings. The number of piperidine rings is 1. The van der Waals surface area contributed by atoms with Crippen molar-refractivity contribution in [3.8, 4) is 0 Å². The number of likely N-dealkylation sites (N-methyl/N-ethyl adjacent to an activating group) is 1. The number of hydrogen-bond donors (Lipinski definition) is 1. The topological polar surface area (TPSA) is 43.8 Å². The van der Waals surface area contributed by atoms with Crippen LogP contribution in [0, 0.1) is 5.92 Å². The molecule has 1 saturated heterocycles. The second-order valence-corrected chi connectivity index (χ2v) is 6.38. The molecule has 21 heavy (non-hydrogen) atoms. The lowest BCUT2D eigenvalue weighted by Gasteiger charge is -2.34. The zero-order valence-electron chi connectivity index (χ0n) is 12.6. The normalized spacial score (nSPS) is 23.0. The molecule has 5 heteroatoms. The second-order valence-electron chi connectivity index (χ2n) is 5.95. The molecule has 2 unspecified atom stereocenters. The van der Waals surface area contributed by atoms with E-state index in [9.17, 15) is 9.90 Å². The van der Waals surface area contributed by atoms with Crippen molar-refractivity contribution in [2.75, 3.05) is 26.7 Å². The molecule has 1 aliphatic heterocycles. The molecule has 2 rings (SSSR count). The molecule has 116 valence electrons. The van der Waals surface area contributed by atoms with Crippen molar-refractivity contribution < 1.29 is 9.90 Å². The number of likely N-dealkylation sites (tertiary alicyclic amines) is 1. The molecule has 1 aromatic rings. The number of nitrogens with zero attached hydrogens (tertiary/aromatic N) is 2. The summed E-state index contributed by atoms with van der Waals surface area (Å²) in [7, 11) is 1.80. The Labute approximate surface area is 131 Å². The highest BCUT2D eigenvalue weighted by molar-refractivity contribution is 6.30. The number of carbonyl (C=O) groups excluding carboxylic acids is 1. The lowest BCUT2D eigenvalue weighted by Crippen LogP contribution is -2.47. The third-order valence-electron chi connectivity index (χ3n) is 4.10. The van der Waals surface area contributed by atoms with Crippen LogP contribution in [0.25, 0.3) is 0 Å². The summed E-state index contributed by atoms with van der Waals surface area (Å²) in [5, 5.41) is 10.6. The second kappa shape index (κ2) is 7.25. The molecule has 4 nitrogen and oxygen atoms in total. The molecule has 1 N–H and O–H groups in total. The summed E-state index contributed by atoms with van der Waals surface area (Å²) in [5.41, 5.74) is 1.02. The summed E-state index contributed by atoms with van der Waals surface area (Å²) in [6, 6.07) is 7.54. The van der Waals surface area contributed by atoms with Gasteiger partial charge >= 0.3 is 0 Å². The Bertz CT molecular complexity index is 495. The van der Waals surface area contributed by atoms with Crippen molar-refractivity contribution in [2.45, 2.75) is 26.0 Å². The van der Waals surface area contributed by atoms with Crippen molar-refractivity contribution in [2.24, 2.45) is 5.92 Å². The summed E-state index contributed by atoms with van der Waals surface area (Å²) in [6.45, 7) is 4.41. The van der Waals surface area contributed by atoms with E-state index in [0.29, 0.717) is 30.6 Å². The predicted octanol–water partition coefficient (Wildman–Crippen LogP) is 2.00. The fourth-order valence-corrected chi connectivity index (χ4v) is 2.78. The van der Waals surface area contributed by atoms with Gasteiger partial charge in [0.05, 0.1) is 12.6 Å². The van der Waals surface area contributed by atoms with Crippen LogP contribution in [0.1, 0.15) is 18.9 Å². The number of hydrogen-bond acceptors (Lipinski definition) is 3. The first-order chi connectivity index (χ1) is 9.95. The van der Waals surface area contributed by atoms with Gasteiger partial charge in [0.25, 0.3) is 0 Å². The minimum absolute atomic E-state index is 0.0664. The maximum atomic E-state index is 12.3. The number of halogens is 1. The molecule has 0 bridgehead atoms. The largest absolute Gasteiger partial charge is 0.392 e. The third kappa shape index (κ3) is 4.70. The Morgan fingerprint density at radius 1 is 1.52 bits per heavy atom. The van der Waals surface area contributed by atoms with Crippen LogP contribution in [0.3, 0.4) is 0 Å². The molecule has 1 aromatic carbocycles. The molecule has 0 aromatic heterocycles. The standard InChI is InChI=1S/C16H23ClN2O2/c1-12-6-7-19(10-15(12)20)11-16(21)18(2)9-13-4-3-5-14(17)8-13/h3-5,8,12,15,20H,6-7,9-11H2,1-2H3. The van der Waals surface area contributed by atoms with Gasteiger partial charge in [-0.25, -0.2) is 0 Å². The van der Waals surface area contributed by atoms with Crippen molar-refractivity contribution in [1.82, 2.24) is 9.80 Å². The van der Waals surface area contributed by atoms with Crippen LogP contribution in [-0.2, 0) is 11.3 Å². The quantitative estimate of drug-likeness (QED) is 0.925. The minimum Gasteiger partial charge on any atom is -0.392 e. The van der Waals surface area contributed by atoms with Gasteiger partial charge in [-0.3, -0.25) is 9.69 Å². The maximum absolute atomic E-state index is 12.3.